The molecule has 2 heterocycles. The van der Waals surface area contributed by atoms with E-state index in [1.54, 1.807) is 13.2 Å². The Kier molecular flexibility index (Phi) is 7.30. The number of amides is 1. The zero-order chi connectivity index (χ0) is 22.2. The molecule has 1 saturated heterocycles. The number of ether oxygens (including phenoxy) is 2. The number of aromatic nitrogens is 2. The summed E-state index contributed by atoms with van der Waals surface area (Å²) in [5, 5.41) is 3.02. The standard InChI is InChI=1S/C25H28N4O3/c1-31-21-8-10-22(11-9-21)32-24-17-23(27-18-28-24)19-6-4-7-20(16-19)25(30)26-12-5-15-29-13-2-3-14-29/h4,6-11,16-18H,2-3,5,12-15H2,1H3,(H,26,30). The van der Waals surface area contributed by atoms with Crippen LogP contribution >= 0.6 is 0 Å². The van der Waals surface area contributed by atoms with E-state index >= 15 is 0 Å². The number of hydrogen-bond acceptors (Lipinski definition) is 6. The van der Waals surface area contributed by atoms with Crippen LogP contribution in [0.1, 0.15) is 29.6 Å². The SMILES string of the molecule is COc1ccc(Oc2cc(-c3cccc(C(=O)NCCCN4CCCC4)c3)ncn2)cc1. The summed E-state index contributed by atoms with van der Waals surface area (Å²) in [6.07, 6.45) is 4.99. The zero-order valence-corrected chi connectivity index (χ0v) is 18.3. The lowest BCUT2D eigenvalue weighted by molar-refractivity contribution is 0.0952. The minimum atomic E-state index is -0.0722. The second-order valence-electron chi connectivity index (χ2n) is 7.76. The van der Waals surface area contributed by atoms with Crippen LogP contribution in [0.3, 0.4) is 0 Å². The highest BCUT2D eigenvalue weighted by atomic mass is 16.5. The maximum atomic E-state index is 12.6. The van der Waals surface area contributed by atoms with E-state index in [2.05, 4.69) is 20.2 Å². The van der Waals surface area contributed by atoms with Gasteiger partial charge in [0.2, 0.25) is 5.88 Å². The van der Waals surface area contributed by atoms with Gasteiger partial charge in [0.25, 0.3) is 5.91 Å². The molecule has 32 heavy (non-hydrogen) atoms. The van der Waals surface area contributed by atoms with Crippen LogP contribution in [-0.4, -0.2) is 54.1 Å². The van der Waals surface area contributed by atoms with Crippen LogP contribution in [0.25, 0.3) is 11.3 Å². The molecule has 1 aromatic heterocycles. The fourth-order valence-electron chi connectivity index (χ4n) is 3.75. The summed E-state index contributed by atoms with van der Waals surface area (Å²) in [4.78, 5) is 23.6. The van der Waals surface area contributed by atoms with Gasteiger partial charge < -0.3 is 19.7 Å². The molecule has 0 atom stereocenters. The second kappa shape index (κ2) is 10.7. The maximum Gasteiger partial charge on any atom is 0.251 e. The first-order valence-corrected chi connectivity index (χ1v) is 11.0. The predicted molar refractivity (Wildman–Crippen MR) is 123 cm³/mol. The van der Waals surface area contributed by atoms with Gasteiger partial charge in [0.15, 0.2) is 0 Å². The van der Waals surface area contributed by atoms with Crippen molar-refractivity contribution in [1.29, 1.82) is 0 Å². The Morgan fingerprint density at radius 3 is 2.59 bits per heavy atom. The molecule has 0 radical (unpaired) electrons. The lowest BCUT2D eigenvalue weighted by atomic mass is 10.1. The molecule has 1 aliphatic rings. The third-order valence-electron chi connectivity index (χ3n) is 5.48. The predicted octanol–water partition coefficient (Wildman–Crippen LogP) is 4.16. The highest BCUT2D eigenvalue weighted by Gasteiger charge is 2.12. The Bertz CT molecular complexity index is 1030. The summed E-state index contributed by atoms with van der Waals surface area (Å²) < 4.78 is 11.0. The van der Waals surface area contributed by atoms with Crippen LogP contribution < -0.4 is 14.8 Å². The third-order valence-corrected chi connectivity index (χ3v) is 5.48. The lowest BCUT2D eigenvalue weighted by Crippen LogP contribution is -2.28. The smallest absolute Gasteiger partial charge is 0.251 e. The summed E-state index contributed by atoms with van der Waals surface area (Å²) in [5.74, 6) is 1.76. The van der Waals surface area contributed by atoms with Crippen molar-refractivity contribution in [2.75, 3.05) is 33.3 Å². The monoisotopic (exact) mass is 432 g/mol. The minimum Gasteiger partial charge on any atom is -0.497 e. The second-order valence-corrected chi connectivity index (χ2v) is 7.76. The van der Waals surface area contributed by atoms with Gasteiger partial charge in [0, 0.05) is 23.7 Å². The third kappa shape index (κ3) is 5.82. The maximum absolute atomic E-state index is 12.6. The van der Waals surface area contributed by atoms with Crippen LogP contribution in [-0.2, 0) is 0 Å². The van der Waals surface area contributed by atoms with E-state index in [1.165, 1.54) is 32.3 Å². The van der Waals surface area contributed by atoms with Crippen molar-refractivity contribution in [1.82, 2.24) is 20.2 Å². The fourth-order valence-corrected chi connectivity index (χ4v) is 3.75. The number of nitrogens with zero attached hydrogens (tertiary/aromatic N) is 3. The van der Waals surface area contributed by atoms with Gasteiger partial charge in [-0.05, 0) is 75.3 Å². The van der Waals surface area contributed by atoms with Gasteiger partial charge in [-0.2, -0.15) is 0 Å². The van der Waals surface area contributed by atoms with Gasteiger partial charge in [0.05, 0.1) is 12.8 Å². The number of benzene rings is 2. The molecule has 3 aromatic rings. The molecular weight excluding hydrogens is 404 g/mol. The number of nitrogens with one attached hydrogen (secondary N) is 1. The van der Waals surface area contributed by atoms with Gasteiger partial charge in [-0.25, -0.2) is 9.97 Å². The van der Waals surface area contributed by atoms with Crippen LogP contribution in [0.2, 0.25) is 0 Å². The van der Waals surface area contributed by atoms with Gasteiger partial charge >= 0.3 is 0 Å². The van der Waals surface area contributed by atoms with Crippen molar-refractivity contribution in [2.24, 2.45) is 0 Å². The molecule has 1 N–H and O–H groups in total. The largest absolute Gasteiger partial charge is 0.497 e. The molecule has 7 nitrogen and oxygen atoms in total. The summed E-state index contributed by atoms with van der Waals surface area (Å²) >= 11 is 0. The Morgan fingerprint density at radius 1 is 1.03 bits per heavy atom. The van der Waals surface area contributed by atoms with Crippen LogP contribution in [0.15, 0.2) is 60.9 Å². The van der Waals surface area contributed by atoms with Gasteiger partial charge in [-0.3, -0.25) is 4.79 Å². The molecule has 166 valence electrons. The van der Waals surface area contributed by atoms with Crippen molar-refractivity contribution in [2.45, 2.75) is 19.3 Å². The first kappa shape index (κ1) is 21.8. The van der Waals surface area contributed by atoms with E-state index in [1.807, 2.05) is 48.5 Å². The minimum absolute atomic E-state index is 0.0722. The van der Waals surface area contributed by atoms with E-state index in [9.17, 15) is 4.79 Å². The highest BCUT2D eigenvalue weighted by Crippen LogP contribution is 2.25. The van der Waals surface area contributed by atoms with Gasteiger partial charge in [0.1, 0.15) is 17.8 Å². The summed E-state index contributed by atoms with van der Waals surface area (Å²) in [7, 11) is 1.62. The number of carbonyl (C=O) groups is 1. The molecule has 1 amide bonds. The molecule has 0 saturated carbocycles. The normalized spacial score (nSPS) is 13.7. The first-order valence-electron chi connectivity index (χ1n) is 11.0. The molecule has 1 fully saturated rings. The number of methoxy groups -OCH3 is 1. The fraction of sp³-hybridized carbons (Fsp3) is 0.320. The number of carbonyl (C=O) groups excluding carboxylic acids is 1. The molecule has 0 unspecified atom stereocenters. The molecule has 0 bridgehead atoms. The van der Waals surface area contributed by atoms with Crippen molar-refractivity contribution in [3.8, 4) is 28.6 Å². The molecule has 2 aromatic carbocycles. The molecule has 0 spiro atoms. The quantitative estimate of drug-likeness (QED) is 0.512. The lowest BCUT2D eigenvalue weighted by Gasteiger charge is -2.14. The number of hydrogen-bond donors (Lipinski definition) is 1. The topological polar surface area (TPSA) is 76.6 Å². The van der Waals surface area contributed by atoms with Gasteiger partial charge in [-0.1, -0.05) is 12.1 Å². The molecular formula is C25H28N4O3. The van der Waals surface area contributed by atoms with E-state index in [0.717, 1.165) is 24.3 Å². The Balaban J connectivity index is 1.37. The summed E-state index contributed by atoms with van der Waals surface area (Å²) in [6, 6.07) is 16.5. The first-order chi connectivity index (χ1) is 15.7. The molecule has 0 aliphatic carbocycles. The van der Waals surface area contributed by atoms with Crippen molar-refractivity contribution in [3.05, 3.63) is 66.5 Å². The van der Waals surface area contributed by atoms with E-state index in [4.69, 9.17) is 9.47 Å². The van der Waals surface area contributed by atoms with Gasteiger partial charge in [-0.15, -0.1) is 0 Å². The molecule has 7 heteroatoms. The molecule has 1 aliphatic heterocycles. The van der Waals surface area contributed by atoms with Crippen LogP contribution in [0.5, 0.6) is 17.4 Å². The van der Waals surface area contributed by atoms with Crippen LogP contribution in [0.4, 0.5) is 0 Å². The highest BCUT2D eigenvalue weighted by molar-refractivity contribution is 5.95. The van der Waals surface area contributed by atoms with E-state index in [0.29, 0.717) is 29.4 Å². The average Bonchev–Trinajstić information content (AvgIpc) is 3.36. The zero-order valence-electron chi connectivity index (χ0n) is 18.3. The summed E-state index contributed by atoms with van der Waals surface area (Å²) in [6.45, 7) is 4.07. The average molecular weight is 433 g/mol. The Morgan fingerprint density at radius 2 is 1.81 bits per heavy atom. The number of likely N-dealkylation sites (tertiary alicyclic amines) is 1. The van der Waals surface area contributed by atoms with Crippen LogP contribution in [0, 0.1) is 0 Å². The Hall–Kier alpha value is -3.45. The van der Waals surface area contributed by atoms with Crippen molar-refractivity contribution < 1.29 is 14.3 Å². The van der Waals surface area contributed by atoms with Crippen molar-refractivity contribution >= 4 is 5.91 Å². The van der Waals surface area contributed by atoms with E-state index < -0.39 is 0 Å². The van der Waals surface area contributed by atoms with Crippen molar-refractivity contribution in [3.63, 3.8) is 0 Å². The summed E-state index contributed by atoms with van der Waals surface area (Å²) in [5.41, 5.74) is 2.13. The molecule has 4 rings (SSSR count). The van der Waals surface area contributed by atoms with E-state index in [-0.39, 0.29) is 5.91 Å². The number of rotatable bonds is 9. The Labute approximate surface area is 188 Å².